The summed E-state index contributed by atoms with van der Waals surface area (Å²) in [7, 11) is 0. The summed E-state index contributed by atoms with van der Waals surface area (Å²) < 4.78 is 0. The molecule has 0 N–H and O–H groups in total. The fourth-order valence-electron chi connectivity index (χ4n) is 5.65. The van der Waals surface area contributed by atoms with Crippen molar-refractivity contribution in [3.05, 3.63) is 146 Å². The minimum atomic E-state index is 0. The summed E-state index contributed by atoms with van der Waals surface area (Å²) in [5.74, 6) is 0. The molecular formula is C38H24N4Pt. The van der Waals surface area contributed by atoms with E-state index >= 15 is 0 Å². The molecule has 4 nitrogen and oxygen atoms in total. The molecule has 0 aliphatic rings. The van der Waals surface area contributed by atoms with E-state index in [-0.39, 0.29) is 21.1 Å². The maximum Gasteiger partial charge on any atom is 0.0900 e. The predicted octanol–water partition coefficient (Wildman–Crippen LogP) is 9.39. The summed E-state index contributed by atoms with van der Waals surface area (Å²) in [6.45, 7) is 0. The molecule has 0 saturated heterocycles. The van der Waals surface area contributed by atoms with E-state index in [1.54, 1.807) is 0 Å². The number of hydrogen-bond acceptors (Lipinski definition) is 4. The van der Waals surface area contributed by atoms with Crippen molar-refractivity contribution in [2.45, 2.75) is 0 Å². The van der Waals surface area contributed by atoms with Crippen molar-refractivity contribution < 1.29 is 21.1 Å². The van der Waals surface area contributed by atoms with Gasteiger partial charge in [0.25, 0.3) is 0 Å². The first kappa shape index (κ1) is 26.8. The number of rotatable bonds is 4. The Morgan fingerprint density at radius 2 is 0.953 bits per heavy atom. The molecular weight excluding hydrogens is 708 g/mol. The van der Waals surface area contributed by atoms with Crippen LogP contribution in [0.15, 0.2) is 146 Å². The summed E-state index contributed by atoms with van der Waals surface area (Å²) >= 11 is 0. The van der Waals surface area contributed by atoms with E-state index in [1.807, 2.05) is 36.7 Å². The summed E-state index contributed by atoms with van der Waals surface area (Å²) in [6.07, 6.45) is 3.70. The van der Waals surface area contributed by atoms with E-state index < -0.39 is 0 Å². The van der Waals surface area contributed by atoms with Gasteiger partial charge < -0.3 is 0 Å². The maximum absolute atomic E-state index is 5.24. The van der Waals surface area contributed by atoms with E-state index in [0.29, 0.717) is 0 Å². The molecule has 0 saturated carbocycles. The Balaban J connectivity index is 0.00000300. The molecule has 0 fully saturated rings. The zero-order valence-electron chi connectivity index (χ0n) is 23.0. The molecule has 0 bridgehead atoms. The molecule has 8 aromatic rings. The SMILES string of the molecule is [Pt].c1ccc(-c2ccnc(-c3cc(-c4ccccc4)cc(-c4ccc5ccc6ccc7cccnc7c6c5n4)n3)c2)cc1. The quantitative estimate of drug-likeness (QED) is 0.169. The molecule has 206 valence electrons. The van der Waals surface area contributed by atoms with Crippen molar-refractivity contribution in [3.8, 4) is 45.0 Å². The fraction of sp³-hybridized carbons (Fsp3) is 0. The summed E-state index contributed by atoms with van der Waals surface area (Å²) in [5, 5.41) is 4.35. The predicted molar refractivity (Wildman–Crippen MR) is 172 cm³/mol. The second-order valence-corrected chi connectivity index (χ2v) is 10.4. The van der Waals surface area contributed by atoms with Crippen LogP contribution in [0.3, 0.4) is 0 Å². The van der Waals surface area contributed by atoms with Crippen LogP contribution in [0.4, 0.5) is 0 Å². The van der Waals surface area contributed by atoms with Crippen molar-refractivity contribution >= 4 is 32.6 Å². The van der Waals surface area contributed by atoms with Crippen LogP contribution in [-0.4, -0.2) is 19.9 Å². The Bertz CT molecular complexity index is 2240. The topological polar surface area (TPSA) is 51.6 Å². The Kier molecular flexibility index (Phi) is 7.06. The first-order valence-corrected chi connectivity index (χ1v) is 14.0. The van der Waals surface area contributed by atoms with Gasteiger partial charge in [0.15, 0.2) is 0 Å². The smallest absolute Gasteiger partial charge is 0.0900 e. The van der Waals surface area contributed by atoms with Crippen molar-refractivity contribution in [1.29, 1.82) is 0 Å². The second kappa shape index (κ2) is 11.3. The van der Waals surface area contributed by atoms with Crippen LogP contribution < -0.4 is 0 Å². The molecule has 8 rings (SSSR count). The third-order valence-electron chi connectivity index (χ3n) is 7.74. The summed E-state index contributed by atoms with van der Waals surface area (Å²) in [4.78, 5) is 19.9. The monoisotopic (exact) mass is 731 g/mol. The van der Waals surface area contributed by atoms with Gasteiger partial charge in [-0.15, -0.1) is 0 Å². The van der Waals surface area contributed by atoms with Gasteiger partial charge in [0.1, 0.15) is 0 Å². The zero-order chi connectivity index (χ0) is 27.9. The van der Waals surface area contributed by atoms with Gasteiger partial charge in [-0.2, -0.15) is 0 Å². The van der Waals surface area contributed by atoms with Crippen LogP contribution in [0.2, 0.25) is 0 Å². The number of benzene rings is 4. The third-order valence-corrected chi connectivity index (χ3v) is 7.74. The molecule has 0 unspecified atom stereocenters. The van der Waals surface area contributed by atoms with Gasteiger partial charge in [-0.1, -0.05) is 97.1 Å². The molecule has 0 amide bonds. The fourth-order valence-corrected chi connectivity index (χ4v) is 5.65. The van der Waals surface area contributed by atoms with E-state index in [1.165, 1.54) is 0 Å². The van der Waals surface area contributed by atoms with Gasteiger partial charge >= 0.3 is 0 Å². The molecule has 0 radical (unpaired) electrons. The number of fused-ring (bicyclic) bond motifs is 5. The van der Waals surface area contributed by atoms with Crippen LogP contribution in [0.1, 0.15) is 0 Å². The van der Waals surface area contributed by atoms with E-state index in [4.69, 9.17) is 19.9 Å². The normalized spacial score (nSPS) is 11.1. The van der Waals surface area contributed by atoms with Crippen molar-refractivity contribution in [2.75, 3.05) is 0 Å². The Morgan fingerprint density at radius 1 is 0.349 bits per heavy atom. The number of nitrogens with zero attached hydrogens (tertiary/aromatic N) is 4. The van der Waals surface area contributed by atoms with Crippen molar-refractivity contribution in [2.24, 2.45) is 0 Å². The average molecular weight is 732 g/mol. The minimum absolute atomic E-state index is 0. The van der Waals surface area contributed by atoms with Gasteiger partial charge in [0.05, 0.1) is 33.8 Å². The molecule has 4 heterocycles. The Labute approximate surface area is 263 Å². The van der Waals surface area contributed by atoms with Crippen LogP contribution in [0.25, 0.3) is 77.6 Å². The maximum atomic E-state index is 5.24. The van der Waals surface area contributed by atoms with Crippen molar-refractivity contribution in [1.82, 2.24) is 19.9 Å². The van der Waals surface area contributed by atoms with Gasteiger partial charge in [-0.05, 0) is 64.0 Å². The van der Waals surface area contributed by atoms with Crippen LogP contribution in [0, 0.1) is 0 Å². The number of pyridine rings is 4. The molecule has 0 aliphatic heterocycles. The first-order valence-electron chi connectivity index (χ1n) is 14.0. The first-order chi connectivity index (χ1) is 20.8. The molecule has 4 aromatic carbocycles. The largest absolute Gasteiger partial charge is 0.256 e. The van der Waals surface area contributed by atoms with E-state index in [9.17, 15) is 0 Å². The van der Waals surface area contributed by atoms with Crippen molar-refractivity contribution in [3.63, 3.8) is 0 Å². The van der Waals surface area contributed by atoms with Crippen LogP contribution >= 0.6 is 0 Å². The second-order valence-electron chi connectivity index (χ2n) is 10.4. The van der Waals surface area contributed by atoms with E-state index in [2.05, 4.69) is 109 Å². The molecule has 0 spiro atoms. The molecule has 0 atom stereocenters. The van der Waals surface area contributed by atoms with Crippen LogP contribution in [-0.2, 0) is 21.1 Å². The molecule has 5 heteroatoms. The van der Waals surface area contributed by atoms with Crippen LogP contribution in [0.5, 0.6) is 0 Å². The minimum Gasteiger partial charge on any atom is -0.256 e. The number of hydrogen-bond donors (Lipinski definition) is 0. The average Bonchev–Trinajstić information content (AvgIpc) is 3.08. The standard InChI is InChI=1S/C38H24N4.Pt/c1-3-8-25(9-4-1)30-19-21-39-33(22-30)35-24-31(26-10-5-2-6-11-26)23-34(41-35)32-18-17-29-16-14-27-13-15-28-12-7-20-40-37(28)36(27)38(29)42-32;/h1-24H;. The molecule has 0 aliphatic carbocycles. The molecule has 4 aromatic heterocycles. The summed E-state index contributed by atoms with van der Waals surface area (Å²) in [5.41, 5.74) is 9.52. The van der Waals surface area contributed by atoms with Gasteiger partial charge in [0, 0.05) is 49.6 Å². The zero-order valence-corrected chi connectivity index (χ0v) is 25.2. The third kappa shape index (κ3) is 5.01. The summed E-state index contributed by atoms with van der Waals surface area (Å²) in [6, 6.07) is 45.9. The Morgan fingerprint density at radius 3 is 1.70 bits per heavy atom. The van der Waals surface area contributed by atoms with E-state index in [0.717, 1.165) is 77.6 Å². The van der Waals surface area contributed by atoms with Gasteiger partial charge in [-0.3, -0.25) is 9.97 Å². The van der Waals surface area contributed by atoms with Gasteiger partial charge in [-0.25, -0.2) is 9.97 Å². The molecule has 43 heavy (non-hydrogen) atoms. The Hall–Kier alpha value is -5.05. The van der Waals surface area contributed by atoms with Gasteiger partial charge in [0.2, 0.25) is 0 Å². The number of aromatic nitrogens is 4.